The van der Waals surface area contributed by atoms with Gasteiger partial charge in [-0.25, -0.2) is 0 Å². The summed E-state index contributed by atoms with van der Waals surface area (Å²) in [5, 5.41) is 6.71. The predicted molar refractivity (Wildman–Crippen MR) is 65.9 cm³/mol. The van der Waals surface area contributed by atoms with Gasteiger partial charge in [-0.15, -0.1) is 0 Å². The van der Waals surface area contributed by atoms with Crippen molar-refractivity contribution in [1.29, 1.82) is 0 Å². The van der Waals surface area contributed by atoms with E-state index in [1.165, 1.54) is 0 Å². The molecule has 0 unspecified atom stereocenters. The number of piperidine rings is 1. The van der Waals surface area contributed by atoms with Gasteiger partial charge in [-0.3, -0.25) is 9.89 Å². The van der Waals surface area contributed by atoms with Crippen molar-refractivity contribution >= 4 is 5.91 Å². The van der Waals surface area contributed by atoms with Gasteiger partial charge in [-0.2, -0.15) is 5.10 Å². The maximum absolute atomic E-state index is 12.3. The van der Waals surface area contributed by atoms with Gasteiger partial charge in [0.25, 0.3) is 5.91 Å². The summed E-state index contributed by atoms with van der Waals surface area (Å²) in [7, 11) is 4.02. The van der Waals surface area contributed by atoms with Gasteiger partial charge in [0.15, 0.2) is 0 Å². The van der Waals surface area contributed by atoms with E-state index in [2.05, 4.69) is 22.1 Å². The number of nitrogens with zero attached hydrogens (tertiary/aromatic N) is 3. The predicted octanol–water partition coefficient (Wildman–Crippen LogP) is 0.884. The zero-order valence-corrected chi connectivity index (χ0v) is 10.7. The van der Waals surface area contributed by atoms with Crippen LogP contribution in [-0.4, -0.2) is 59.1 Å². The number of rotatable bonds is 2. The summed E-state index contributed by atoms with van der Waals surface area (Å²) in [6, 6.07) is 0.355. The maximum Gasteiger partial charge on any atom is 0.257 e. The monoisotopic (exact) mass is 236 g/mol. The summed E-state index contributed by atoms with van der Waals surface area (Å²) < 4.78 is 0. The number of nitrogens with one attached hydrogen (secondary N) is 1. The normalized spacial score (nSPS) is 18.3. The Hall–Kier alpha value is -1.36. The summed E-state index contributed by atoms with van der Waals surface area (Å²) in [4.78, 5) is 16.4. The van der Waals surface area contributed by atoms with E-state index in [-0.39, 0.29) is 5.91 Å². The molecule has 1 saturated heterocycles. The minimum atomic E-state index is 0.0748. The van der Waals surface area contributed by atoms with Gasteiger partial charge in [-0.05, 0) is 39.9 Å². The third-order valence-corrected chi connectivity index (χ3v) is 3.62. The molecule has 2 heterocycles. The first-order valence-corrected chi connectivity index (χ1v) is 6.05. The van der Waals surface area contributed by atoms with Crippen LogP contribution < -0.4 is 0 Å². The molecule has 1 aliphatic heterocycles. The fourth-order valence-electron chi connectivity index (χ4n) is 2.30. The molecule has 5 heteroatoms. The van der Waals surface area contributed by atoms with Crippen LogP contribution in [0.25, 0.3) is 0 Å². The van der Waals surface area contributed by atoms with Crippen LogP contribution in [0, 0.1) is 6.92 Å². The smallest absolute Gasteiger partial charge is 0.257 e. The van der Waals surface area contributed by atoms with Gasteiger partial charge in [0.05, 0.1) is 11.8 Å². The Kier molecular flexibility index (Phi) is 3.47. The van der Waals surface area contributed by atoms with Crippen molar-refractivity contribution in [3.63, 3.8) is 0 Å². The summed E-state index contributed by atoms with van der Waals surface area (Å²) in [6.45, 7) is 4.00. The molecule has 0 atom stereocenters. The van der Waals surface area contributed by atoms with Crippen molar-refractivity contribution in [3.05, 3.63) is 17.5 Å². The number of carbonyl (C=O) groups is 1. The van der Waals surface area contributed by atoms with Crippen molar-refractivity contribution in [2.75, 3.05) is 27.2 Å². The zero-order chi connectivity index (χ0) is 12.4. The quantitative estimate of drug-likeness (QED) is 0.829. The van der Waals surface area contributed by atoms with E-state index in [0.717, 1.165) is 31.6 Å². The largest absolute Gasteiger partial charge is 0.339 e. The molecule has 0 aromatic carbocycles. The highest BCUT2D eigenvalue weighted by molar-refractivity contribution is 5.95. The lowest BCUT2D eigenvalue weighted by molar-refractivity contribution is 0.0659. The standard InChI is InChI=1S/C12H20N4O/c1-9-11(8-13-14-9)12(17)16(3)10-4-6-15(2)7-5-10/h8,10H,4-7H2,1-3H3,(H,13,14). The molecule has 1 aromatic rings. The fourth-order valence-corrected chi connectivity index (χ4v) is 2.30. The second-order valence-electron chi connectivity index (χ2n) is 4.86. The Labute approximate surface area is 102 Å². The van der Waals surface area contributed by atoms with Crippen LogP contribution in [0.1, 0.15) is 28.9 Å². The SMILES string of the molecule is Cc1[nH]ncc1C(=O)N(C)C1CCN(C)CC1. The van der Waals surface area contributed by atoms with Crippen LogP contribution in [0.3, 0.4) is 0 Å². The molecule has 2 rings (SSSR count). The van der Waals surface area contributed by atoms with Crippen LogP contribution in [0.4, 0.5) is 0 Å². The minimum absolute atomic E-state index is 0.0748. The molecule has 1 aromatic heterocycles. The lowest BCUT2D eigenvalue weighted by atomic mass is 10.0. The molecule has 0 aliphatic carbocycles. The van der Waals surface area contributed by atoms with Crippen LogP contribution in [0.15, 0.2) is 6.20 Å². The van der Waals surface area contributed by atoms with Gasteiger partial charge in [0, 0.05) is 18.8 Å². The molecule has 0 spiro atoms. The van der Waals surface area contributed by atoms with Gasteiger partial charge >= 0.3 is 0 Å². The van der Waals surface area contributed by atoms with Crippen LogP contribution >= 0.6 is 0 Å². The van der Waals surface area contributed by atoms with E-state index in [0.29, 0.717) is 11.6 Å². The molecule has 1 N–H and O–H groups in total. The molecule has 1 amide bonds. The highest BCUT2D eigenvalue weighted by atomic mass is 16.2. The molecular formula is C12H20N4O. The lowest BCUT2D eigenvalue weighted by Gasteiger charge is -2.35. The second kappa shape index (κ2) is 4.87. The lowest BCUT2D eigenvalue weighted by Crippen LogP contribution is -2.44. The number of H-pyrrole nitrogens is 1. The third kappa shape index (κ3) is 2.49. The van der Waals surface area contributed by atoms with Crippen LogP contribution in [0.2, 0.25) is 0 Å². The van der Waals surface area contributed by atoms with E-state index in [1.807, 2.05) is 18.9 Å². The van der Waals surface area contributed by atoms with Crippen molar-refractivity contribution in [3.8, 4) is 0 Å². The number of likely N-dealkylation sites (tertiary alicyclic amines) is 1. The van der Waals surface area contributed by atoms with Crippen molar-refractivity contribution in [2.24, 2.45) is 0 Å². The molecular weight excluding hydrogens is 216 g/mol. The Balaban J connectivity index is 2.03. The second-order valence-corrected chi connectivity index (χ2v) is 4.86. The topological polar surface area (TPSA) is 52.2 Å². The number of carbonyl (C=O) groups excluding carboxylic acids is 1. The average molecular weight is 236 g/mol. The summed E-state index contributed by atoms with van der Waals surface area (Å²) in [5.41, 5.74) is 1.53. The van der Waals surface area contributed by atoms with E-state index in [9.17, 15) is 4.79 Å². The first-order chi connectivity index (χ1) is 8.09. The molecule has 5 nitrogen and oxygen atoms in total. The molecule has 0 bridgehead atoms. The van der Waals surface area contributed by atoms with Crippen LogP contribution in [0.5, 0.6) is 0 Å². The van der Waals surface area contributed by atoms with Gasteiger partial charge in [0.1, 0.15) is 0 Å². The van der Waals surface area contributed by atoms with E-state index >= 15 is 0 Å². The van der Waals surface area contributed by atoms with Crippen molar-refractivity contribution < 1.29 is 4.79 Å². The summed E-state index contributed by atoms with van der Waals surface area (Å²) in [6.07, 6.45) is 3.72. The van der Waals surface area contributed by atoms with E-state index in [4.69, 9.17) is 0 Å². The molecule has 0 radical (unpaired) electrons. The first kappa shape index (κ1) is 12.1. The molecule has 1 fully saturated rings. The Morgan fingerprint density at radius 1 is 1.53 bits per heavy atom. The Bertz CT molecular complexity index is 393. The summed E-state index contributed by atoms with van der Waals surface area (Å²) in [5.74, 6) is 0.0748. The number of hydrogen-bond acceptors (Lipinski definition) is 3. The number of aryl methyl sites for hydroxylation is 1. The number of hydrogen-bond donors (Lipinski definition) is 1. The third-order valence-electron chi connectivity index (χ3n) is 3.62. The highest BCUT2D eigenvalue weighted by Gasteiger charge is 2.25. The van der Waals surface area contributed by atoms with Crippen molar-refractivity contribution in [1.82, 2.24) is 20.0 Å². The number of amides is 1. The van der Waals surface area contributed by atoms with E-state index in [1.54, 1.807) is 6.20 Å². The summed E-state index contributed by atoms with van der Waals surface area (Å²) >= 11 is 0. The molecule has 17 heavy (non-hydrogen) atoms. The zero-order valence-electron chi connectivity index (χ0n) is 10.7. The number of aromatic amines is 1. The Morgan fingerprint density at radius 3 is 2.71 bits per heavy atom. The molecule has 94 valence electrons. The highest BCUT2D eigenvalue weighted by Crippen LogP contribution is 2.17. The molecule has 1 aliphatic rings. The van der Waals surface area contributed by atoms with Crippen LogP contribution in [-0.2, 0) is 0 Å². The Morgan fingerprint density at radius 2 is 2.18 bits per heavy atom. The van der Waals surface area contributed by atoms with E-state index < -0.39 is 0 Å². The van der Waals surface area contributed by atoms with Crippen molar-refractivity contribution in [2.45, 2.75) is 25.8 Å². The van der Waals surface area contributed by atoms with Gasteiger partial charge in [0.2, 0.25) is 0 Å². The van der Waals surface area contributed by atoms with Gasteiger partial charge < -0.3 is 9.80 Å². The number of aromatic nitrogens is 2. The maximum atomic E-state index is 12.3. The minimum Gasteiger partial charge on any atom is -0.339 e. The fraction of sp³-hybridized carbons (Fsp3) is 0.667. The molecule has 0 saturated carbocycles. The average Bonchev–Trinajstić information content (AvgIpc) is 2.74. The first-order valence-electron chi connectivity index (χ1n) is 6.05. The van der Waals surface area contributed by atoms with Gasteiger partial charge in [-0.1, -0.05) is 0 Å².